The molecule has 6 nitrogen and oxygen atoms in total. The van der Waals surface area contributed by atoms with Crippen LogP contribution in [0.15, 0.2) is 48.9 Å². The van der Waals surface area contributed by atoms with Crippen molar-refractivity contribution in [1.29, 1.82) is 0 Å². The zero-order valence-corrected chi connectivity index (χ0v) is 18.6. The van der Waals surface area contributed by atoms with Crippen LogP contribution in [0, 0.1) is 0 Å². The van der Waals surface area contributed by atoms with E-state index < -0.39 is 5.91 Å². The lowest BCUT2D eigenvalue weighted by Crippen LogP contribution is -2.24. The van der Waals surface area contributed by atoms with E-state index >= 15 is 0 Å². The summed E-state index contributed by atoms with van der Waals surface area (Å²) in [4.78, 5) is 11.9. The van der Waals surface area contributed by atoms with Crippen LogP contribution in [-0.2, 0) is 4.79 Å². The molecule has 1 N–H and O–H groups in total. The second-order valence-electron chi connectivity index (χ2n) is 4.89. The number of hydrogen-bond donors (Lipinski definition) is 1. The van der Waals surface area contributed by atoms with E-state index in [1.165, 1.54) is 6.21 Å². The topological polar surface area (TPSA) is 69.2 Å². The van der Waals surface area contributed by atoms with Gasteiger partial charge in [0, 0.05) is 10.0 Å². The molecule has 0 aliphatic rings. The van der Waals surface area contributed by atoms with Crippen LogP contribution in [0.4, 0.5) is 0 Å². The molecule has 2 rings (SSSR count). The standard InChI is InChI=1S/C17H15Br3N2O4/c1-24-12-3-4-15(13(19)7-12)26-9-16(23)22-21-8-10-5-11(18)6-14(20)17(10)25-2/h3-8H,9H2,1-2H3,(H,22,23). The van der Waals surface area contributed by atoms with Gasteiger partial charge in [-0.15, -0.1) is 0 Å². The summed E-state index contributed by atoms with van der Waals surface area (Å²) in [5.74, 6) is 1.44. The fraction of sp³-hybridized carbons (Fsp3) is 0.176. The Labute approximate surface area is 176 Å². The largest absolute Gasteiger partial charge is 0.497 e. The number of nitrogens with zero attached hydrogens (tertiary/aromatic N) is 1. The molecule has 0 bridgehead atoms. The Morgan fingerprint density at radius 2 is 1.88 bits per heavy atom. The fourth-order valence-corrected chi connectivity index (χ4v) is 3.86. The first-order valence-corrected chi connectivity index (χ1v) is 9.63. The molecule has 9 heteroatoms. The quantitative estimate of drug-likeness (QED) is 0.406. The molecule has 0 saturated heterocycles. The third-order valence-corrected chi connectivity index (χ3v) is 4.80. The maximum Gasteiger partial charge on any atom is 0.277 e. The highest BCUT2D eigenvalue weighted by atomic mass is 79.9. The highest BCUT2D eigenvalue weighted by Gasteiger charge is 2.09. The van der Waals surface area contributed by atoms with Crippen LogP contribution < -0.4 is 19.6 Å². The number of benzene rings is 2. The molecule has 1 amide bonds. The first-order valence-electron chi connectivity index (χ1n) is 7.26. The Morgan fingerprint density at radius 1 is 1.12 bits per heavy atom. The molecule has 0 saturated carbocycles. The smallest absolute Gasteiger partial charge is 0.277 e. The number of halogens is 3. The van der Waals surface area contributed by atoms with Gasteiger partial charge in [0.2, 0.25) is 0 Å². The second kappa shape index (κ2) is 9.94. The highest BCUT2D eigenvalue weighted by molar-refractivity contribution is 9.11. The summed E-state index contributed by atoms with van der Waals surface area (Å²) < 4.78 is 18.2. The predicted octanol–water partition coefficient (Wildman–Crippen LogP) is 4.52. The summed E-state index contributed by atoms with van der Waals surface area (Å²) in [5, 5.41) is 3.94. The average molecular weight is 551 g/mol. The maximum atomic E-state index is 11.9. The Hall–Kier alpha value is -1.58. The van der Waals surface area contributed by atoms with Crippen molar-refractivity contribution in [3.63, 3.8) is 0 Å². The Kier molecular flexibility index (Phi) is 7.92. The molecule has 26 heavy (non-hydrogen) atoms. The normalized spacial score (nSPS) is 10.7. The number of amides is 1. The number of carbonyl (C=O) groups excluding carboxylic acids is 1. The van der Waals surface area contributed by atoms with Crippen LogP contribution in [0.5, 0.6) is 17.2 Å². The molecule has 0 aliphatic carbocycles. The number of methoxy groups -OCH3 is 2. The minimum atomic E-state index is -0.392. The first kappa shape index (κ1) is 20.7. The molecule has 138 valence electrons. The van der Waals surface area contributed by atoms with Crippen molar-refractivity contribution in [3.8, 4) is 17.2 Å². The molecule has 0 fully saturated rings. The van der Waals surface area contributed by atoms with Crippen molar-refractivity contribution in [2.24, 2.45) is 5.10 Å². The van der Waals surface area contributed by atoms with Gasteiger partial charge in [0.1, 0.15) is 17.2 Å². The van der Waals surface area contributed by atoms with Crippen molar-refractivity contribution >= 4 is 59.9 Å². The second-order valence-corrected chi connectivity index (χ2v) is 7.51. The summed E-state index contributed by atoms with van der Waals surface area (Å²) in [7, 11) is 3.14. The minimum Gasteiger partial charge on any atom is -0.497 e. The summed E-state index contributed by atoms with van der Waals surface area (Å²) in [6.07, 6.45) is 1.50. The number of rotatable bonds is 7. The van der Waals surface area contributed by atoms with Crippen molar-refractivity contribution in [3.05, 3.63) is 49.3 Å². The van der Waals surface area contributed by atoms with Crippen LogP contribution in [0.1, 0.15) is 5.56 Å². The monoisotopic (exact) mass is 548 g/mol. The van der Waals surface area contributed by atoms with Crippen molar-refractivity contribution in [2.75, 3.05) is 20.8 Å². The number of carbonyl (C=O) groups is 1. The van der Waals surface area contributed by atoms with E-state index in [9.17, 15) is 4.79 Å². The third kappa shape index (κ3) is 5.72. The van der Waals surface area contributed by atoms with E-state index in [1.54, 1.807) is 32.4 Å². The third-order valence-electron chi connectivity index (χ3n) is 3.13. The van der Waals surface area contributed by atoms with E-state index in [1.807, 2.05) is 12.1 Å². The minimum absolute atomic E-state index is 0.179. The number of hydrogen-bond acceptors (Lipinski definition) is 5. The summed E-state index contributed by atoms with van der Waals surface area (Å²) in [6, 6.07) is 8.89. The van der Waals surface area contributed by atoms with Crippen molar-refractivity contribution in [2.45, 2.75) is 0 Å². The van der Waals surface area contributed by atoms with E-state index in [-0.39, 0.29) is 6.61 Å². The summed E-state index contributed by atoms with van der Waals surface area (Å²) >= 11 is 10.2. The lowest BCUT2D eigenvalue weighted by atomic mass is 10.2. The van der Waals surface area contributed by atoms with E-state index in [0.717, 1.165) is 8.95 Å². The van der Waals surface area contributed by atoms with Gasteiger partial charge in [0.25, 0.3) is 5.91 Å². The Bertz CT molecular complexity index is 828. The zero-order chi connectivity index (χ0) is 19.1. The molecule has 2 aromatic carbocycles. The number of nitrogens with one attached hydrogen (secondary N) is 1. The van der Waals surface area contributed by atoms with Crippen LogP contribution in [0.2, 0.25) is 0 Å². The average Bonchev–Trinajstić information content (AvgIpc) is 2.60. The van der Waals surface area contributed by atoms with Crippen LogP contribution in [-0.4, -0.2) is 32.9 Å². The molecule has 0 atom stereocenters. The highest BCUT2D eigenvalue weighted by Crippen LogP contribution is 2.31. The van der Waals surface area contributed by atoms with E-state index in [4.69, 9.17) is 14.2 Å². The van der Waals surface area contributed by atoms with Gasteiger partial charge < -0.3 is 14.2 Å². The van der Waals surface area contributed by atoms with Gasteiger partial charge in [-0.05, 0) is 62.2 Å². The lowest BCUT2D eigenvalue weighted by Gasteiger charge is -2.09. The van der Waals surface area contributed by atoms with Gasteiger partial charge in [-0.3, -0.25) is 4.79 Å². The van der Waals surface area contributed by atoms with Crippen molar-refractivity contribution < 1.29 is 19.0 Å². The molecule has 2 aromatic rings. The molecule has 0 spiro atoms. The molecule has 0 aromatic heterocycles. The van der Waals surface area contributed by atoms with E-state index in [0.29, 0.717) is 27.3 Å². The molecule has 0 unspecified atom stereocenters. The van der Waals surface area contributed by atoms with Crippen LogP contribution >= 0.6 is 47.8 Å². The first-order chi connectivity index (χ1) is 12.4. The molecule has 0 heterocycles. The molecular formula is C17H15Br3N2O4. The van der Waals surface area contributed by atoms with Crippen LogP contribution in [0.25, 0.3) is 0 Å². The van der Waals surface area contributed by atoms with Crippen LogP contribution in [0.3, 0.4) is 0 Å². The van der Waals surface area contributed by atoms with Gasteiger partial charge in [-0.2, -0.15) is 5.10 Å². The summed E-state index contributed by atoms with van der Waals surface area (Å²) in [6.45, 7) is -0.179. The van der Waals surface area contributed by atoms with Gasteiger partial charge in [0.15, 0.2) is 6.61 Å². The molecular weight excluding hydrogens is 536 g/mol. The molecule has 0 radical (unpaired) electrons. The van der Waals surface area contributed by atoms with E-state index in [2.05, 4.69) is 58.3 Å². The van der Waals surface area contributed by atoms with Crippen molar-refractivity contribution in [1.82, 2.24) is 5.43 Å². The number of hydrazone groups is 1. The fourth-order valence-electron chi connectivity index (χ4n) is 1.97. The summed E-state index contributed by atoms with van der Waals surface area (Å²) in [5.41, 5.74) is 3.11. The van der Waals surface area contributed by atoms with Gasteiger partial charge in [0.05, 0.1) is 29.4 Å². The predicted molar refractivity (Wildman–Crippen MR) is 110 cm³/mol. The van der Waals surface area contributed by atoms with Gasteiger partial charge in [-0.1, -0.05) is 15.9 Å². The lowest BCUT2D eigenvalue weighted by molar-refractivity contribution is -0.123. The van der Waals surface area contributed by atoms with Gasteiger partial charge >= 0.3 is 0 Å². The maximum absolute atomic E-state index is 11.9. The zero-order valence-electron chi connectivity index (χ0n) is 13.9. The Morgan fingerprint density at radius 3 is 2.54 bits per heavy atom. The molecule has 0 aliphatic heterocycles. The van der Waals surface area contributed by atoms with Gasteiger partial charge in [-0.25, -0.2) is 5.43 Å². The Balaban J connectivity index is 1.94. The SMILES string of the molecule is COc1ccc(OCC(=O)NN=Cc2cc(Br)cc(Br)c2OC)c(Br)c1. The number of ether oxygens (including phenoxy) is 3.